The van der Waals surface area contributed by atoms with Crippen LogP contribution in [0.4, 0.5) is 0 Å². The second kappa shape index (κ2) is 5.90. The minimum Gasteiger partial charge on any atom is -0.352 e. The largest absolute Gasteiger partial charge is 0.352 e. The highest BCUT2D eigenvalue weighted by molar-refractivity contribution is 5.96. The predicted octanol–water partition coefficient (Wildman–Crippen LogP) is 1.36. The van der Waals surface area contributed by atoms with Crippen LogP contribution < -0.4 is 5.32 Å². The van der Waals surface area contributed by atoms with Crippen molar-refractivity contribution in [2.45, 2.75) is 33.7 Å². The van der Waals surface area contributed by atoms with Gasteiger partial charge in [0.15, 0.2) is 0 Å². The smallest absolute Gasteiger partial charge is 0.255 e. The lowest BCUT2D eigenvalue weighted by molar-refractivity contribution is 0.0951. The molecule has 20 heavy (non-hydrogen) atoms. The summed E-state index contributed by atoms with van der Waals surface area (Å²) >= 11 is 0. The number of aryl methyl sites for hydroxylation is 4. The van der Waals surface area contributed by atoms with Crippen LogP contribution in [0, 0.1) is 20.8 Å². The van der Waals surface area contributed by atoms with E-state index in [2.05, 4.69) is 15.5 Å². The Bertz CT molecular complexity index is 611. The molecule has 2 aromatic rings. The third-order valence-electron chi connectivity index (χ3n) is 3.35. The van der Waals surface area contributed by atoms with Gasteiger partial charge in [0.05, 0.1) is 17.5 Å². The van der Waals surface area contributed by atoms with Crippen LogP contribution in [0.25, 0.3) is 0 Å². The molecule has 6 nitrogen and oxygen atoms in total. The summed E-state index contributed by atoms with van der Waals surface area (Å²) in [6.45, 7) is 7.21. The van der Waals surface area contributed by atoms with Crippen LogP contribution in [0.3, 0.4) is 0 Å². The van der Waals surface area contributed by atoms with Crippen LogP contribution >= 0.6 is 0 Å². The molecule has 0 fully saturated rings. The van der Waals surface area contributed by atoms with E-state index in [4.69, 9.17) is 0 Å². The fourth-order valence-electron chi connectivity index (χ4n) is 2.22. The monoisotopic (exact) mass is 275 g/mol. The Kier molecular flexibility index (Phi) is 4.22. The van der Waals surface area contributed by atoms with E-state index in [-0.39, 0.29) is 5.91 Å². The molecule has 0 aliphatic carbocycles. The van der Waals surface area contributed by atoms with Gasteiger partial charge >= 0.3 is 0 Å². The van der Waals surface area contributed by atoms with Gasteiger partial charge in [-0.3, -0.25) is 14.2 Å². The van der Waals surface area contributed by atoms with E-state index in [0.29, 0.717) is 12.1 Å². The zero-order valence-electron chi connectivity index (χ0n) is 12.5. The maximum Gasteiger partial charge on any atom is 0.255 e. The van der Waals surface area contributed by atoms with Gasteiger partial charge in [-0.1, -0.05) is 0 Å². The molecule has 2 rings (SSSR count). The molecule has 0 aliphatic rings. The van der Waals surface area contributed by atoms with Crippen LogP contribution in [0.2, 0.25) is 0 Å². The van der Waals surface area contributed by atoms with Gasteiger partial charge in [0.1, 0.15) is 0 Å². The number of carbonyl (C=O) groups is 1. The van der Waals surface area contributed by atoms with Crippen LogP contribution in [-0.4, -0.2) is 32.0 Å². The van der Waals surface area contributed by atoms with E-state index in [1.807, 2.05) is 44.9 Å². The zero-order chi connectivity index (χ0) is 14.7. The summed E-state index contributed by atoms with van der Waals surface area (Å²) in [5, 5.41) is 11.4. The molecule has 0 radical (unpaired) electrons. The highest BCUT2D eigenvalue weighted by Gasteiger charge is 2.16. The van der Waals surface area contributed by atoms with Gasteiger partial charge in [0, 0.05) is 32.0 Å². The Morgan fingerprint density at radius 1 is 1.35 bits per heavy atom. The Morgan fingerprint density at radius 3 is 2.65 bits per heavy atom. The molecule has 2 aromatic heterocycles. The Balaban J connectivity index is 1.83. The van der Waals surface area contributed by atoms with E-state index in [1.165, 1.54) is 0 Å². The molecular weight excluding hydrogens is 254 g/mol. The number of rotatable bonds is 5. The lowest BCUT2D eigenvalue weighted by atomic mass is 10.2. The number of hydrogen-bond acceptors (Lipinski definition) is 3. The first-order valence-corrected chi connectivity index (χ1v) is 6.76. The second-order valence-corrected chi connectivity index (χ2v) is 5.06. The first kappa shape index (κ1) is 14.3. The topological polar surface area (TPSA) is 64.7 Å². The molecule has 6 heteroatoms. The molecular formula is C14H21N5O. The average Bonchev–Trinajstić information content (AvgIpc) is 2.90. The summed E-state index contributed by atoms with van der Waals surface area (Å²) in [5.74, 6) is -0.0512. The fourth-order valence-corrected chi connectivity index (χ4v) is 2.22. The molecule has 1 N–H and O–H groups in total. The van der Waals surface area contributed by atoms with Crippen molar-refractivity contribution in [3.05, 3.63) is 34.9 Å². The molecule has 0 atom stereocenters. The first-order valence-electron chi connectivity index (χ1n) is 6.76. The first-order chi connectivity index (χ1) is 9.49. The highest BCUT2D eigenvalue weighted by atomic mass is 16.1. The lowest BCUT2D eigenvalue weighted by Crippen LogP contribution is -2.26. The molecule has 0 unspecified atom stereocenters. The molecule has 0 saturated carbocycles. The average molecular weight is 275 g/mol. The number of nitrogens with one attached hydrogen (secondary N) is 1. The van der Waals surface area contributed by atoms with Gasteiger partial charge in [-0.15, -0.1) is 0 Å². The van der Waals surface area contributed by atoms with Crippen molar-refractivity contribution in [1.29, 1.82) is 0 Å². The molecule has 1 amide bonds. The highest BCUT2D eigenvalue weighted by Crippen LogP contribution is 2.11. The number of aromatic nitrogens is 4. The van der Waals surface area contributed by atoms with Crippen LogP contribution in [-0.2, 0) is 13.6 Å². The molecule has 0 bridgehead atoms. The van der Waals surface area contributed by atoms with Crippen molar-refractivity contribution < 1.29 is 4.79 Å². The summed E-state index contributed by atoms with van der Waals surface area (Å²) < 4.78 is 3.62. The lowest BCUT2D eigenvalue weighted by Gasteiger charge is -2.06. The number of amides is 1. The summed E-state index contributed by atoms with van der Waals surface area (Å²) in [6.07, 6.45) is 4.68. The maximum absolute atomic E-state index is 12.1. The zero-order valence-corrected chi connectivity index (χ0v) is 12.5. The van der Waals surface area contributed by atoms with Gasteiger partial charge in [-0.25, -0.2) is 0 Å². The van der Waals surface area contributed by atoms with Crippen LogP contribution in [0.5, 0.6) is 0 Å². The van der Waals surface area contributed by atoms with E-state index < -0.39 is 0 Å². The number of carbonyl (C=O) groups excluding carboxylic acids is 1. The predicted molar refractivity (Wildman–Crippen MR) is 76.6 cm³/mol. The molecule has 0 aromatic carbocycles. The number of hydrogen-bond donors (Lipinski definition) is 1. The van der Waals surface area contributed by atoms with Crippen molar-refractivity contribution in [1.82, 2.24) is 24.9 Å². The summed E-state index contributed by atoms with van der Waals surface area (Å²) in [7, 11) is 1.85. The SMILES string of the molecule is Cc1cnn(CCCNC(=O)c2c(C)nn(C)c2C)c1. The summed E-state index contributed by atoms with van der Waals surface area (Å²) in [4.78, 5) is 12.1. The third-order valence-corrected chi connectivity index (χ3v) is 3.35. The molecule has 2 heterocycles. The fraction of sp³-hybridized carbons (Fsp3) is 0.500. The normalized spacial score (nSPS) is 10.8. The van der Waals surface area contributed by atoms with Gasteiger partial charge in [0.25, 0.3) is 5.91 Å². The summed E-state index contributed by atoms with van der Waals surface area (Å²) in [5.41, 5.74) is 3.49. The van der Waals surface area contributed by atoms with E-state index >= 15 is 0 Å². The Morgan fingerprint density at radius 2 is 2.10 bits per heavy atom. The summed E-state index contributed by atoms with van der Waals surface area (Å²) in [6, 6.07) is 0. The standard InChI is InChI=1S/C14H21N5O/c1-10-8-16-19(9-10)7-5-6-15-14(20)13-11(2)17-18(4)12(13)3/h8-9H,5-7H2,1-4H3,(H,15,20). The Labute approximate surface area is 118 Å². The molecule has 0 spiro atoms. The quantitative estimate of drug-likeness (QED) is 0.838. The number of nitrogens with zero attached hydrogens (tertiary/aromatic N) is 4. The van der Waals surface area contributed by atoms with Crippen molar-refractivity contribution in [2.24, 2.45) is 7.05 Å². The minimum atomic E-state index is -0.0512. The van der Waals surface area contributed by atoms with Crippen molar-refractivity contribution in [2.75, 3.05) is 6.54 Å². The van der Waals surface area contributed by atoms with Crippen molar-refractivity contribution in [3.63, 3.8) is 0 Å². The van der Waals surface area contributed by atoms with Crippen molar-refractivity contribution >= 4 is 5.91 Å². The van der Waals surface area contributed by atoms with Gasteiger partial charge in [-0.2, -0.15) is 10.2 Å². The molecule has 108 valence electrons. The minimum absolute atomic E-state index is 0.0512. The van der Waals surface area contributed by atoms with Crippen LogP contribution in [0.1, 0.15) is 33.7 Å². The third kappa shape index (κ3) is 3.07. The van der Waals surface area contributed by atoms with Crippen LogP contribution in [0.15, 0.2) is 12.4 Å². The van der Waals surface area contributed by atoms with Gasteiger partial charge in [0.2, 0.25) is 0 Å². The molecule has 0 aliphatic heterocycles. The van der Waals surface area contributed by atoms with Gasteiger partial charge < -0.3 is 5.32 Å². The molecule has 0 saturated heterocycles. The van der Waals surface area contributed by atoms with Crippen molar-refractivity contribution in [3.8, 4) is 0 Å². The second-order valence-electron chi connectivity index (χ2n) is 5.06. The Hall–Kier alpha value is -2.11. The van der Waals surface area contributed by atoms with E-state index in [1.54, 1.807) is 4.68 Å². The van der Waals surface area contributed by atoms with E-state index in [9.17, 15) is 4.79 Å². The maximum atomic E-state index is 12.1. The van der Waals surface area contributed by atoms with E-state index in [0.717, 1.165) is 29.9 Å². The van der Waals surface area contributed by atoms with Gasteiger partial charge in [-0.05, 0) is 32.8 Å².